The molecule has 5 heteroatoms. The maximum atomic E-state index is 13.2. The van der Waals surface area contributed by atoms with Gasteiger partial charge in [-0.3, -0.25) is 4.79 Å². The van der Waals surface area contributed by atoms with Gasteiger partial charge in [0.25, 0.3) is 0 Å². The Labute approximate surface area is 174 Å². The lowest BCUT2D eigenvalue weighted by atomic mass is 10.1. The second kappa shape index (κ2) is 10.6. The molecule has 0 saturated heterocycles. The van der Waals surface area contributed by atoms with Gasteiger partial charge in [-0.1, -0.05) is 60.7 Å². The molecule has 3 aromatic carbocycles. The van der Waals surface area contributed by atoms with Crippen LogP contribution in [0, 0.1) is 11.3 Å². The van der Waals surface area contributed by atoms with Gasteiger partial charge in [-0.15, -0.1) is 23.5 Å². The minimum absolute atomic E-state index is 0.0617. The molecule has 0 spiro atoms. The molecule has 3 nitrogen and oxygen atoms in total. The van der Waals surface area contributed by atoms with Gasteiger partial charge in [0, 0.05) is 22.0 Å². The van der Waals surface area contributed by atoms with Crippen LogP contribution in [0.1, 0.15) is 17.2 Å². The monoisotopic (exact) mass is 404 g/mol. The molecule has 0 saturated carbocycles. The van der Waals surface area contributed by atoms with Crippen molar-refractivity contribution in [3.05, 3.63) is 90.5 Å². The highest BCUT2D eigenvalue weighted by atomic mass is 32.2. The van der Waals surface area contributed by atoms with Crippen LogP contribution >= 0.6 is 23.5 Å². The Balaban J connectivity index is 1.81. The van der Waals surface area contributed by atoms with E-state index in [0.29, 0.717) is 12.2 Å². The lowest BCUT2D eigenvalue weighted by Crippen LogP contribution is -2.19. The second-order valence-electron chi connectivity index (χ2n) is 5.96. The van der Waals surface area contributed by atoms with Gasteiger partial charge in [-0.05, 0) is 29.8 Å². The number of rotatable bonds is 8. The van der Waals surface area contributed by atoms with Crippen LogP contribution in [0.4, 0.5) is 5.69 Å². The van der Waals surface area contributed by atoms with Gasteiger partial charge < -0.3 is 5.32 Å². The minimum Gasteiger partial charge on any atom is -0.324 e. The maximum absolute atomic E-state index is 13.2. The van der Waals surface area contributed by atoms with Crippen LogP contribution < -0.4 is 5.32 Å². The van der Waals surface area contributed by atoms with Crippen molar-refractivity contribution in [2.45, 2.75) is 21.5 Å². The van der Waals surface area contributed by atoms with Crippen LogP contribution in [0.15, 0.2) is 94.7 Å². The fourth-order valence-corrected chi connectivity index (χ4v) is 4.54. The molecule has 0 radical (unpaired) electrons. The number of benzene rings is 3. The van der Waals surface area contributed by atoms with Crippen LogP contribution in [0.3, 0.4) is 0 Å². The number of para-hydroxylation sites is 1. The molecular formula is C23H20N2OS2. The van der Waals surface area contributed by atoms with Crippen LogP contribution in [0.25, 0.3) is 0 Å². The second-order valence-corrected chi connectivity index (χ2v) is 8.28. The third-order valence-electron chi connectivity index (χ3n) is 3.95. The zero-order valence-corrected chi connectivity index (χ0v) is 16.9. The first kappa shape index (κ1) is 20.1. The number of thioether (sulfide) groups is 2. The van der Waals surface area contributed by atoms with Crippen molar-refractivity contribution in [1.29, 1.82) is 5.26 Å². The average Bonchev–Trinajstić information content (AvgIpc) is 2.75. The fraction of sp³-hybridized carbons (Fsp3) is 0.130. The summed E-state index contributed by atoms with van der Waals surface area (Å²) in [4.78, 5) is 15.2. The van der Waals surface area contributed by atoms with Crippen LogP contribution in [0.2, 0.25) is 0 Å². The molecular weight excluding hydrogens is 384 g/mol. The smallest absolute Gasteiger partial charge is 0.242 e. The molecule has 0 bridgehead atoms. The fourth-order valence-electron chi connectivity index (χ4n) is 2.64. The third kappa shape index (κ3) is 5.66. The van der Waals surface area contributed by atoms with Crippen LogP contribution in [0.5, 0.6) is 0 Å². The molecule has 0 aliphatic rings. The minimum atomic E-state index is -0.360. The average molecular weight is 405 g/mol. The predicted molar refractivity (Wildman–Crippen MR) is 118 cm³/mol. The van der Waals surface area contributed by atoms with E-state index in [1.807, 2.05) is 84.9 Å². The number of nitriles is 1. The number of carbonyl (C=O) groups is 1. The SMILES string of the molecule is N#CCCSc1ccccc1NC(=O)[C@@H](Sc1ccccc1)c1ccccc1. The Hall–Kier alpha value is -2.68. The molecule has 0 aliphatic heterocycles. The van der Waals surface area contributed by atoms with E-state index in [2.05, 4.69) is 11.4 Å². The number of anilines is 1. The number of nitrogens with one attached hydrogen (secondary N) is 1. The van der Waals surface area contributed by atoms with Crippen molar-refractivity contribution >= 4 is 35.1 Å². The van der Waals surface area contributed by atoms with E-state index >= 15 is 0 Å². The zero-order chi connectivity index (χ0) is 19.6. The van der Waals surface area contributed by atoms with E-state index in [1.54, 1.807) is 11.8 Å². The van der Waals surface area contributed by atoms with Crippen molar-refractivity contribution in [2.24, 2.45) is 0 Å². The molecule has 28 heavy (non-hydrogen) atoms. The zero-order valence-electron chi connectivity index (χ0n) is 15.2. The number of hydrogen-bond acceptors (Lipinski definition) is 4. The largest absolute Gasteiger partial charge is 0.324 e. The molecule has 0 unspecified atom stereocenters. The first-order valence-corrected chi connectivity index (χ1v) is 10.8. The van der Waals surface area contributed by atoms with Crippen molar-refractivity contribution in [1.82, 2.24) is 0 Å². The molecule has 1 atom stereocenters. The predicted octanol–water partition coefficient (Wildman–Crippen LogP) is 6.16. The van der Waals surface area contributed by atoms with Crippen LogP contribution in [-0.4, -0.2) is 11.7 Å². The summed E-state index contributed by atoms with van der Waals surface area (Å²) in [5.41, 5.74) is 1.74. The summed E-state index contributed by atoms with van der Waals surface area (Å²) < 4.78 is 0. The van der Waals surface area contributed by atoms with E-state index < -0.39 is 0 Å². The number of carbonyl (C=O) groups excluding carboxylic acids is 1. The highest BCUT2D eigenvalue weighted by molar-refractivity contribution is 8.00. The van der Waals surface area contributed by atoms with Crippen molar-refractivity contribution in [3.63, 3.8) is 0 Å². The quantitative estimate of drug-likeness (QED) is 0.361. The van der Waals surface area contributed by atoms with E-state index in [0.717, 1.165) is 21.0 Å². The first-order chi connectivity index (χ1) is 13.8. The number of hydrogen-bond donors (Lipinski definition) is 1. The van der Waals surface area contributed by atoms with E-state index in [1.165, 1.54) is 11.8 Å². The summed E-state index contributed by atoms with van der Waals surface area (Å²) in [5, 5.41) is 11.5. The summed E-state index contributed by atoms with van der Waals surface area (Å²) in [6.07, 6.45) is 0.476. The molecule has 0 heterocycles. The van der Waals surface area contributed by atoms with E-state index in [9.17, 15) is 4.79 Å². The lowest BCUT2D eigenvalue weighted by Gasteiger charge is -2.18. The summed E-state index contributed by atoms with van der Waals surface area (Å²) in [5.74, 6) is 0.637. The van der Waals surface area contributed by atoms with Gasteiger partial charge in [0.2, 0.25) is 5.91 Å². The summed E-state index contributed by atoms with van der Waals surface area (Å²) in [6.45, 7) is 0. The molecule has 140 valence electrons. The molecule has 0 aliphatic carbocycles. The first-order valence-electron chi connectivity index (χ1n) is 8.94. The topological polar surface area (TPSA) is 52.9 Å². The van der Waals surface area contributed by atoms with Crippen molar-refractivity contribution in [3.8, 4) is 6.07 Å². The van der Waals surface area contributed by atoms with Gasteiger partial charge in [-0.25, -0.2) is 0 Å². The molecule has 1 N–H and O–H groups in total. The Morgan fingerprint density at radius 2 is 1.57 bits per heavy atom. The third-order valence-corrected chi connectivity index (χ3v) is 6.30. The summed E-state index contributed by atoms with van der Waals surface area (Å²) in [7, 11) is 0. The molecule has 1 amide bonds. The molecule has 3 rings (SSSR count). The summed E-state index contributed by atoms with van der Waals surface area (Å²) in [6, 6.07) is 29.6. The van der Waals surface area contributed by atoms with E-state index in [-0.39, 0.29) is 11.2 Å². The van der Waals surface area contributed by atoms with Crippen molar-refractivity contribution in [2.75, 3.05) is 11.1 Å². The van der Waals surface area contributed by atoms with Crippen molar-refractivity contribution < 1.29 is 4.79 Å². The summed E-state index contributed by atoms with van der Waals surface area (Å²) >= 11 is 3.12. The number of amides is 1. The molecule has 0 fully saturated rings. The Morgan fingerprint density at radius 3 is 2.29 bits per heavy atom. The Morgan fingerprint density at radius 1 is 0.929 bits per heavy atom. The van der Waals surface area contributed by atoms with Gasteiger partial charge in [0.1, 0.15) is 5.25 Å². The highest BCUT2D eigenvalue weighted by Gasteiger charge is 2.22. The lowest BCUT2D eigenvalue weighted by molar-refractivity contribution is -0.115. The Kier molecular flexibility index (Phi) is 7.60. The van der Waals surface area contributed by atoms with Gasteiger partial charge >= 0.3 is 0 Å². The Bertz CT molecular complexity index is 940. The maximum Gasteiger partial charge on any atom is 0.242 e. The standard InChI is InChI=1S/C23H20N2OS2/c24-16-9-17-27-21-15-8-7-14-20(21)25-23(26)22(18-10-3-1-4-11-18)28-19-12-5-2-6-13-19/h1-8,10-15,22H,9,17H2,(H,25,26)/t22-/m0/s1. The number of nitrogens with zero attached hydrogens (tertiary/aromatic N) is 1. The normalized spacial score (nSPS) is 11.4. The van der Waals surface area contributed by atoms with Gasteiger partial charge in [0.05, 0.1) is 11.8 Å². The van der Waals surface area contributed by atoms with Gasteiger partial charge in [-0.2, -0.15) is 5.26 Å². The highest BCUT2D eigenvalue weighted by Crippen LogP contribution is 2.37. The van der Waals surface area contributed by atoms with Crippen LogP contribution in [-0.2, 0) is 4.79 Å². The molecule has 3 aromatic rings. The van der Waals surface area contributed by atoms with E-state index in [4.69, 9.17) is 5.26 Å². The molecule has 0 aromatic heterocycles. The van der Waals surface area contributed by atoms with Gasteiger partial charge in [0.15, 0.2) is 0 Å².